The van der Waals surface area contributed by atoms with E-state index in [9.17, 15) is 4.79 Å². The lowest BCUT2D eigenvalue weighted by Crippen LogP contribution is -2.47. The molecule has 1 N–H and O–H groups in total. The first-order valence-corrected chi connectivity index (χ1v) is 9.68. The van der Waals surface area contributed by atoms with Crippen molar-refractivity contribution >= 4 is 6.03 Å². The molecule has 8 heteroatoms. The molecule has 4 heterocycles. The number of amides is 2. The van der Waals surface area contributed by atoms with Crippen LogP contribution in [-0.2, 0) is 6.54 Å². The topological polar surface area (TPSA) is 85.2 Å². The van der Waals surface area contributed by atoms with E-state index >= 15 is 0 Å². The summed E-state index contributed by atoms with van der Waals surface area (Å²) >= 11 is 0. The van der Waals surface area contributed by atoms with Crippen LogP contribution in [0.4, 0.5) is 4.79 Å². The summed E-state index contributed by atoms with van der Waals surface area (Å²) in [4.78, 5) is 27.2. The fraction of sp³-hybridized carbons (Fsp3) is 0.579. The zero-order chi connectivity index (χ0) is 18.6. The molecule has 0 bridgehead atoms. The zero-order valence-electron chi connectivity index (χ0n) is 15.7. The van der Waals surface area contributed by atoms with Crippen molar-refractivity contribution in [2.75, 3.05) is 19.6 Å². The van der Waals surface area contributed by atoms with Crippen molar-refractivity contribution in [3.63, 3.8) is 0 Å². The van der Waals surface area contributed by atoms with Gasteiger partial charge < -0.3 is 19.5 Å². The maximum Gasteiger partial charge on any atom is 0.317 e. The molecule has 1 fully saturated rings. The average molecular weight is 370 g/mol. The van der Waals surface area contributed by atoms with Gasteiger partial charge in [-0.05, 0) is 19.8 Å². The molecule has 27 heavy (non-hydrogen) atoms. The van der Waals surface area contributed by atoms with Crippen molar-refractivity contribution < 1.29 is 9.53 Å². The van der Waals surface area contributed by atoms with Gasteiger partial charge in [0.05, 0.1) is 11.9 Å². The minimum atomic E-state index is 0.00774. The molecule has 0 aromatic carbocycles. The van der Waals surface area contributed by atoms with E-state index in [4.69, 9.17) is 4.74 Å². The van der Waals surface area contributed by atoms with Crippen molar-refractivity contribution in [3.05, 3.63) is 36.3 Å². The Morgan fingerprint density at radius 1 is 1.26 bits per heavy atom. The fourth-order valence-electron chi connectivity index (χ4n) is 3.92. The minimum Gasteiger partial charge on any atom is -0.473 e. The van der Waals surface area contributed by atoms with Crippen LogP contribution in [-0.4, -0.2) is 56.2 Å². The predicted molar refractivity (Wildman–Crippen MR) is 99.6 cm³/mol. The van der Waals surface area contributed by atoms with E-state index in [-0.39, 0.29) is 12.1 Å². The van der Waals surface area contributed by atoms with Gasteiger partial charge in [-0.3, -0.25) is 4.98 Å². The number of carbonyl (C=O) groups excluding carboxylic acids is 1. The number of carbonyl (C=O) groups is 1. The second-order valence-corrected chi connectivity index (χ2v) is 7.31. The molecule has 1 unspecified atom stereocenters. The molecule has 1 saturated heterocycles. The Labute approximate surface area is 159 Å². The first kappa shape index (κ1) is 17.8. The lowest BCUT2D eigenvalue weighted by atomic mass is 9.99. The summed E-state index contributed by atoms with van der Waals surface area (Å²) in [5, 5.41) is 3.11. The van der Waals surface area contributed by atoms with E-state index in [1.807, 2.05) is 11.8 Å². The van der Waals surface area contributed by atoms with Gasteiger partial charge in [-0.15, -0.1) is 0 Å². The smallest absolute Gasteiger partial charge is 0.317 e. The van der Waals surface area contributed by atoms with E-state index in [1.54, 1.807) is 18.6 Å². The van der Waals surface area contributed by atoms with Crippen LogP contribution in [0.1, 0.15) is 43.1 Å². The Morgan fingerprint density at radius 3 is 2.89 bits per heavy atom. The highest BCUT2D eigenvalue weighted by Gasteiger charge is 2.26. The standard InChI is InChI=1S/C19H26N6O2/c1-14-13-25-8-2-3-15(18(25)23-14)11-22-19(26)24-9-4-16(5-10-24)27-17-12-20-6-7-21-17/h6-7,12-13,15-16H,2-5,8-11H2,1H3,(H,22,26). The summed E-state index contributed by atoms with van der Waals surface area (Å²) in [7, 11) is 0. The number of hydrogen-bond acceptors (Lipinski definition) is 5. The SMILES string of the molecule is Cc1cn2c(n1)C(CNC(=O)N1CCC(Oc3cnccn3)CC1)CCC2. The normalized spacial score (nSPS) is 20.2. The van der Waals surface area contributed by atoms with Crippen molar-refractivity contribution in [1.82, 2.24) is 29.7 Å². The number of nitrogens with one attached hydrogen (secondary N) is 1. The van der Waals surface area contributed by atoms with Crippen LogP contribution in [0.2, 0.25) is 0 Å². The van der Waals surface area contributed by atoms with Crippen molar-refractivity contribution in [1.29, 1.82) is 0 Å². The van der Waals surface area contributed by atoms with Crippen LogP contribution in [0.5, 0.6) is 5.88 Å². The molecule has 4 rings (SSSR count). The first-order chi connectivity index (χ1) is 13.2. The van der Waals surface area contributed by atoms with Crippen LogP contribution in [0.25, 0.3) is 0 Å². The number of piperidine rings is 1. The van der Waals surface area contributed by atoms with Gasteiger partial charge in [0, 0.05) is 63.5 Å². The number of fused-ring (bicyclic) bond motifs is 1. The summed E-state index contributed by atoms with van der Waals surface area (Å²) < 4.78 is 8.06. The second kappa shape index (κ2) is 7.94. The van der Waals surface area contributed by atoms with Gasteiger partial charge in [-0.25, -0.2) is 14.8 Å². The van der Waals surface area contributed by atoms with Gasteiger partial charge in [0.1, 0.15) is 11.9 Å². The summed E-state index contributed by atoms with van der Waals surface area (Å²) in [6.45, 7) is 5.07. The molecule has 0 aliphatic carbocycles. The Balaban J connectivity index is 1.24. The van der Waals surface area contributed by atoms with Crippen molar-refractivity contribution in [2.45, 2.75) is 51.2 Å². The van der Waals surface area contributed by atoms with Gasteiger partial charge in [-0.1, -0.05) is 0 Å². The van der Waals surface area contributed by atoms with Gasteiger partial charge in [-0.2, -0.15) is 0 Å². The van der Waals surface area contributed by atoms with Crippen molar-refractivity contribution in [3.8, 4) is 5.88 Å². The minimum absolute atomic E-state index is 0.00774. The van der Waals surface area contributed by atoms with Crippen LogP contribution in [0, 0.1) is 6.92 Å². The molecule has 2 aromatic heterocycles. The van der Waals surface area contributed by atoms with E-state index in [2.05, 4.69) is 31.0 Å². The Kier molecular flexibility index (Phi) is 5.22. The number of aromatic nitrogens is 4. The number of hydrogen-bond donors (Lipinski definition) is 1. The monoisotopic (exact) mass is 370 g/mol. The maximum atomic E-state index is 12.5. The Hall–Kier alpha value is -2.64. The van der Waals surface area contributed by atoms with Gasteiger partial charge in [0.2, 0.25) is 5.88 Å². The molecule has 2 amide bonds. The average Bonchev–Trinajstić information content (AvgIpc) is 3.08. The number of imidazole rings is 1. The zero-order valence-corrected chi connectivity index (χ0v) is 15.7. The van der Waals surface area contributed by atoms with E-state index in [1.165, 1.54) is 0 Å². The molecule has 0 spiro atoms. The third-order valence-corrected chi connectivity index (χ3v) is 5.30. The molecule has 2 aliphatic rings. The highest BCUT2D eigenvalue weighted by molar-refractivity contribution is 5.74. The maximum absolute atomic E-state index is 12.5. The largest absolute Gasteiger partial charge is 0.473 e. The Morgan fingerprint density at radius 2 is 2.11 bits per heavy atom. The van der Waals surface area contributed by atoms with Gasteiger partial charge in [0.15, 0.2) is 0 Å². The van der Waals surface area contributed by atoms with Crippen molar-refractivity contribution in [2.24, 2.45) is 0 Å². The van der Waals surface area contributed by atoms with E-state index in [0.717, 1.165) is 43.7 Å². The van der Waals surface area contributed by atoms with Crippen LogP contribution in [0.3, 0.4) is 0 Å². The first-order valence-electron chi connectivity index (χ1n) is 9.68. The number of rotatable bonds is 4. The van der Waals surface area contributed by atoms with Gasteiger partial charge >= 0.3 is 6.03 Å². The van der Waals surface area contributed by atoms with E-state index < -0.39 is 0 Å². The van der Waals surface area contributed by atoms with E-state index in [0.29, 0.717) is 31.4 Å². The summed E-state index contributed by atoms with van der Waals surface area (Å²) in [6.07, 6.45) is 10.9. The summed E-state index contributed by atoms with van der Waals surface area (Å²) in [5.41, 5.74) is 1.05. The molecule has 2 aromatic rings. The third-order valence-electron chi connectivity index (χ3n) is 5.30. The lowest BCUT2D eigenvalue weighted by Gasteiger charge is -2.32. The number of likely N-dealkylation sites (tertiary alicyclic amines) is 1. The van der Waals surface area contributed by atoms with Crippen LogP contribution in [0.15, 0.2) is 24.8 Å². The number of urea groups is 1. The number of ether oxygens (including phenoxy) is 1. The molecule has 2 aliphatic heterocycles. The van der Waals surface area contributed by atoms with Crippen LogP contribution < -0.4 is 10.1 Å². The molecular weight excluding hydrogens is 344 g/mol. The quantitative estimate of drug-likeness (QED) is 0.891. The molecule has 0 saturated carbocycles. The molecular formula is C19H26N6O2. The second-order valence-electron chi connectivity index (χ2n) is 7.31. The molecule has 0 radical (unpaired) electrons. The Bertz CT molecular complexity index is 770. The summed E-state index contributed by atoms with van der Waals surface area (Å²) in [5.74, 6) is 1.95. The lowest BCUT2D eigenvalue weighted by molar-refractivity contribution is 0.107. The third kappa shape index (κ3) is 4.20. The molecule has 8 nitrogen and oxygen atoms in total. The van der Waals surface area contributed by atoms with Crippen LogP contribution >= 0.6 is 0 Å². The molecule has 144 valence electrons. The predicted octanol–water partition coefficient (Wildman–Crippen LogP) is 2.11. The number of nitrogens with zero attached hydrogens (tertiary/aromatic N) is 5. The number of aryl methyl sites for hydroxylation is 2. The fourth-order valence-corrected chi connectivity index (χ4v) is 3.92. The highest BCUT2D eigenvalue weighted by Crippen LogP contribution is 2.26. The van der Waals surface area contributed by atoms with Gasteiger partial charge in [0.25, 0.3) is 0 Å². The highest BCUT2D eigenvalue weighted by atomic mass is 16.5. The molecule has 1 atom stereocenters. The summed E-state index contributed by atoms with van der Waals surface area (Å²) in [6, 6.07) is 0.00774.